The number of hydrogen-bond acceptors (Lipinski definition) is 4. The van der Waals surface area contributed by atoms with Crippen LogP contribution in [0.1, 0.15) is 30.9 Å². The number of carboxylic acids is 1. The van der Waals surface area contributed by atoms with Gasteiger partial charge < -0.3 is 10.4 Å². The van der Waals surface area contributed by atoms with Crippen molar-refractivity contribution >= 4 is 34.3 Å². The van der Waals surface area contributed by atoms with Gasteiger partial charge in [0.25, 0.3) is 5.91 Å². The summed E-state index contributed by atoms with van der Waals surface area (Å²) in [4.78, 5) is 35.3. The van der Waals surface area contributed by atoms with E-state index in [1.54, 1.807) is 0 Å². The molecule has 2 aromatic carbocycles. The van der Waals surface area contributed by atoms with Gasteiger partial charge in [0.2, 0.25) is 5.91 Å². The van der Waals surface area contributed by atoms with E-state index in [0.717, 1.165) is 15.8 Å². The summed E-state index contributed by atoms with van der Waals surface area (Å²) in [6.45, 7) is 0. The molecule has 0 aliphatic carbocycles. The number of nitrogens with one attached hydrogen (secondary N) is 1. The molecule has 2 N–H and O–H groups in total. The van der Waals surface area contributed by atoms with Crippen molar-refractivity contribution in [3.63, 3.8) is 0 Å². The normalized spacial score (nSPS) is 15.5. The van der Waals surface area contributed by atoms with Gasteiger partial charge in [-0.15, -0.1) is 0 Å². The molecule has 7 nitrogen and oxygen atoms in total. The molecule has 0 spiro atoms. The number of hydrogen-bond donors (Lipinski definition) is 2. The van der Waals surface area contributed by atoms with Crippen LogP contribution in [0.5, 0.6) is 0 Å². The van der Waals surface area contributed by atoms with E-state index in [4.69, 9.17) is 0 Å². The summed E-state index contributed by atoms with van der Waals surface area (Å²) in [6, 6.07) is 12.6. The summed E-state index contributed by atoms with van der Waals surface area (Å²) in [5, 5.41) is 19.1. The lowest BCUT2D eigenvalue weighted by Crippen LogP contribution is -2.39. The van der Waals surface area contributed by atoms with Crippen molar-refractivity contribution in [1.29, 1.82) is 0 Å². The summed E-state index contributed by atoms with van der Waals surface area (Å²) in [5.74, 6) is -1.62. The highest BCUT2D eigenvalue weighted by Gasteiger charge is 2.25. The van der Waals surface area contributed by atoms with Crippen LogP contribution in [0.4, 0.5) is 0 Å². The molecule has 0 saturated carbocycles. The van der Waals surface area contributed by atoms with Gasteiger partial charge >= 0.3 is 5.97 Å². The molecule has 26 heavy (non-hydrogen) atoms. The number of amides is 2. The fourth-order valence-electron chi connectivity index (χ4n) is 2.93. The average molecular weight is 353 g/mol. The molecule has 3 rings (SSSR count). The van der Waals surface area contributed by atoms with E-state index >= 15 is 0 Å². The molecule has 2 amide bonds. The van der Waals surface area contributed by atoms with Crippen molar-refractivity contribution in [2.24, 2.45) is 5.10 Å². The smallest absolute Gasteiger partial charge is 0.305 e. The highest BCUT2D eigenvalue weighted by Crippen LogP contribution is 2.23. The fraction of sp³-hybridized carbons (Fsp3) is 0.263. The molecule has 2 aromatic rings. The molecule has 0 bridgehead atoms. The molecule has 0 unspecified atom stereocenters. The van der Waals surface area contributed by atoms with E-state index in [-0.39, 0.29) is 30.9 Å². The zero-order chi connectivity index (χ0) is 18.7. The van der Waals surface area contributed by atoms with Crippen LogP contribution in [-0.4, -0.2) is 40.7 Å². The Morgan fingerprint density at radius 2 is 1.92 bits per heavy atom. The SMILES string of the molecule is CN1N=C(C(=O)N[C@@H](CC(=O)O)c2ccc3ccccc3c2)CCC1=O. The lowest BCUT2D eigenvalue weighted by molar-refractivity contribution is -0.137. The topological polar surface area (TPSA) is 99.1 Å². The van der Waals surface area contributed by atoms with Gasteiger partial charge in [-0.3, -0.25) is 14.4 Å². The van der Waals surface area contributed by atoms with E-state index in [1.165, 1.54) is 7.05 Å². The van der Waals surface area contributed by atoms with E-state index < -0.39 is 17.9 Å². The number of nitrogens with zero attached hydrogens (tertiary/aromatic N) is 2. The van der Waals surface area contributed by atoms with Crippen molar-refractivity contribution in [3.8, 4) is 0 Å². The first-order chi connectivity index (χ1) is 12.4. The monoisotopic (exact) mass is 353 g/mol. The van der Waals surface area contributed by atoms with Crippen LogP contribution in [0.15, 0.2) is 47.6 Å². The Hall–Kier alpha value is -3.22. The number of carbonyl (C=O) groups is 3. The van der Waals surface area contributed by atoms with Gasteiger partial charge in [0, 0.05) is 19.9 Å². The highest BCUT2D eigenvalue weighted by molar-refractivity contribution is 6.39. The molecule has 1 aliphatic heterocycles. The van der Waals surface area contributed by atoms with Crippen molar-refractivity contribution < 1.29 is 19.5 Å². The second-order valence-electron chi connectivity index (χ2n) is 6.19. The zero-order valence-electron chi connectivity index (χ0n) is 14.3. The van der Waals surface area contributed by atoms with Crippen molar-refractivity contribution in [2.45, 2.75) is 25.3 Å². The number of carboxylic acid groups (broad SMARTS) is 1. The Bertz CT molecular complexity index is 907. The number of fused-ring (bicyclic) bond motifs is 1. The number of hydrazone groups is 1. The summed E-state index contributed by atoms with van der Waals surface area (Å²) in [6.07, 6.45) is 0.209. The van der Waals surface area contributed by atoms with Crippen LogP contribution in [0.3, 0.4) is 0 Å². The molecule has 7 heteroatoms. The van der Waals surface area contributed by atoms with Crippen molar-refractivity contribution in [1.82, 2.24) is 10.3 Å². The standard InChI is InChI=1S/C19H19N3O4/c1-22-17(23)9-8-15(21-22)19(26)20-16(11-18(24)25)14-7-6-12-4-2-3-5-13(12)10-14/h2-7,10,16H,8-9,11H2,1H3,(H,20,26)(H,24,25)/t16-/m0/s1. The fourth-order valence-corrected chi connectivity index (χ4v) is 2.93. The minimum absolute atomic E-state index is 0.154. The summed E-state index contributed by atoms with van der Waals surface area (Å²) in [5.41, 5.74) is 0.934. The predicted molar refractivity (Wildman–Crippen MR) is 96.5 cm³/mol. The van der Waals surface area contributed by atoms with Gasteiger partial charge in [-0.05, 0) is 22.4 Å². The quantitative estimate of drug-likeness (QED) is 0.860. The summed E-state index contributed by atoms with van der Waals surface area (Å²) in [7, 11) is 1.49. The Morgan fingerprint density at radius 3 is 2.62 bits per heavy atom. The Kier molecular flexibility index (Phi) is 4.97. The maximum absolute atomic E-state index is 12.5. The van der Waals surface area contributed by atoms with Gasteiger partial charge in [-0.1, -0.05) is 36.4 Å². The summed E-state index contributed by atoms with van der Waals surface area (Å²) >= 11 is 0. The van der Waals surface area contributed by atoms with Crippen LogP contribution in [0, 0.1) is 0 Å². The lowest BCUT2D eigenvalue weighted by atomic mass is 9.99. The highest BCUT2D eigenvalue weighted by atomic mass is 16.4. The van der Waals surface area contributed by atoms with Crippen LogP contribution in [0.2, 0.25) is 0 Å². The molecule has 1 heterocycles. The van der Waals surface area contributed by atoms with Crippen LogP contribution < -0.4 is 5.32 Å². The summed E-state index contributed by atoms with van der Waals surface area (Å²) < 4.78 is 0. The Balaban J connectivity index is 1.85. The Morgan fingerprint density at radius 1 is 1.19 bits per heavy atom. The predicted octanol–water partition coefficient (Wildman–Crippen LogP) is 2.08. The van der Waals surface area contributed by atoms with Gasteiger partial charge in [-0.2, -0.15) is 5.10 Å². The first kappa shape index (κ1) is 17.6. The molecular weight excluding hydrogens is 334 g/mol. The van der Waals surface area contributed by atoms with E-state index in [2.05, 4.69) is 10.4 Å². The van der Waals surface area contributed by atoms with Crippen molar-refractivity contribution in [3.05, 3.63) is 48.0 Å². The third kappa shape index (κ3) is 3.88. The number of aliphatic carboxylic acids is 1. The zero-order valence-corrected chi connectivity index (χ0v) is 14.3. The molecule has 1 atom stereocenters. The average Bonchev–Trinajstić information content (AvgIpc) is 2.62. The number of carbonyl (C=O) groups excluding carboxylic acids is 2. The minimum Gasteiger partial charge on any atom is -0.481 e. The van der Waals surface area contributed by atoms with Gasteiger partial charge in [0.1, 0.15) is 5.71 Å². The first-order valence-corrected chi connectivity index (χ1v) is 8.29. The maximum atomic E-state index is 12.5. The molecule has 0 saturated heterocycles. The van der Waals surface area contributed by atoms with E-state index in [0.29, 0.717) is 5.56 Å². The molecule has 0 fully saturated rings. The van der Waals surface area contributed by atoms with Crippen LogP contribution in [0.25, 0.3) is 10.8 Å². The van der Waals surface area contributed by atoms with E-state index in [1.807, 2.05) is 42.5 Å². The molecular formula is C19H19N3O4. The molecule has 1 aliphatic rings. The second-order valence-corrected chi connectivity index (χ2v) is 6.19. The largest absolute Gasteiger partial charge is 0.481 e. The third-order valence-electron chi connectivity index (χ3n) is 4.33. The number of rotatable bonds is 5. The van der Waals surface area contributed by atoms with Gasteiger partial charge in [-0.25, -0.2) is 5.01 Å². The first-order valence-electron chi connectivity index (χ1n) is 8.29. The maximum Gasteiger partial charge on any atom is 0.305 e. The lowest BCUT2D eigenvalue weighted by Gasteiger charge is -2.22. The Labute approximate surface area is 150 Å². The van der Waals surface area contributed by atoms with E-state index in [9.17, 15) is 19.5 Å². The van der Waals surface area contributed by atoms with Gasteiger partial charge in [0.05, 0.1) is 12.5 Å². The van der Waals surface area contributed by atoms with Crippen LogP contribution >= 0.6 is 0 Å². The van der Waals surface area contributed by atoms with Crippen molar-refractivity contribution in [2.75, 3.05) is 7.05 Å². The second kappa shape index (κ2) is 7.35. The minimum atomic E-state index is -1.01. The molecule has 0 radical (unpaired) electrons. The van der Waals surface area contributed by atoms with Crippen LogP contribution in [-0.2, 0) is 14.4 Å². The molecule has 134 valence electrons. The number of benzene rings is 2. The van der Waals surface area contributed by atoms with Gasteiger partial charge in [0.15, 0.2) is 0 Å². The molecule has 0 aromatic heterocycles. The third-order valence-corrected chi connectivity index (χ3v) is 4.33.